The molecule has 0 unspecified atom stereocenters. The molecule has 3 rings (SSSR count). The van der Waals surface area contributed by atoms with E-state index < -0.39 is 28.5 Å². The number of anilines is 1. The van der Waals surface area contributed by atoms with Gasteiger partial charge in [0.25, 0.3) is 0 Å². The first-order valence-electron chi connectivity index (χ1n) is 13.0. The van der Waals surface area contributed by atoms with Crippen LogP contribution in [-0.2, 0) is 32.6 Å². The largest absolute Gasteiger partial charge is 0.352 e. The summed E-state index contributed by atoms with van der Waals surface area (Å²) in [6, 6.07) is 20.9. The van der Waals surface area contributed by atoms with Gasteiger partial charge in [-0.15, -0.1) is 0 Å². The van der Waals surface area contributed by atoms with Crippen LogP contribution in [-0.4, -0.2) is 50.0 Å². The van der Waals surface area contributed by atoms with E-state index in [2.05, 4.69) is 21.2 Å². The molecule has 3 aromatic carbocycles. The predicted molar refractivity (Wildman–Crippen MR) is 165 cm³/mol. The molecule has 40 heavy (non-hydrogen) atoms. The quantitative estimate of drug-likeness (QED) is 0.272. The monoisotopic (exact) mass is 647 g/mol. The maximum atomic E-state index is 14.1. The highest BCUT2D eigenvalue weighted by atomic mass is 79.9. The van der Waals surface area contributed by atoms with Crippen molar-refractivity contribution >= 4 is 55.1 Å². The molecule has 2 amide bonds. The predicted octanol–water partition coefficient (Wildman–Crippen LogP) is 5.73. The molecule has 0 saturated carbocycles. The Kier molecular flexibility index (Phi) is 11.2. The Hall–Kier alpha value is -2.88. The summed E-state index contributed by atoms with van der Waals surface area (Å²) in [7, 11) is -3.87. The van der Waals surface area contributed by atoms with Crippen LogP contribution in [0.1, 0.15) is 37.0 Å². The maximum Gasteiger partial charge on any atom is 0.244 e. The number of carbonyl (C=O) groups excluding carboxylic acids is 2. The number of nitrogens with zero attached hydrogens (tertiary/aromatic N) is 2. The molecule has 0 aromatic heterocycles. The Morgan fingerprint density at radius 1 is 0.975 bits per heavy atom. The van der Waals surface area contributed by atoms with Gasteiger partial charge in [-0.3, -0.25) is 13.9 Å². The van der Waals surface area contributed by atoms with Gasteiger partial charge in [-0.1, -0.05) is 83.0 Å². The van der Waals surface area contributed by atoms with Crippen LogP contribution in [0.5, 0.6) is 0 Å². The number of carbonyl (C=O) groups is 2. The minimum Gasteiger partial charge on any atom is -0.352 e. The van der Waals surface area contributed by atoms with Crippen molar-refractivity contribution in [1.82, 2.24) is 10.2 Å². The smallest absolute Gasteiger partial charge is 0.244 e. The standard InChI is InChI=1S/C30H35BrClN3O4S/c1-5-21(2)33-30(37)28(18-23-10-7-6-8-11-23)34(19-24-14-16-25(31)17-15-24)29(36)20-35(40(4,38)39)27-13-9-12-26(32)22(27)3/h6-17,21,28H,5,18-20H2,1-4H3,(H,33,37)/t21-,28-/m0/s1. The van der Waals surface area contributed by atoms with Crippen LogP contribution in [0.2, 0.25) is 5.02 Å². The van der Waals surface area contributed by atoms with Crippen LogP contribution >= 0.6 is 27.5 Å². The van der Waals surface area contributed by atoms with Gasteiger partial charge in [-0.2, -0.15) is 0 Å². The van der Waals surface area contributed by atoms with E-state index in [1.54, 1.807) is 25.1 Å². The van der Waals surface area contributed by atoms with E-state index in [0.717, 1.165) is 32.6 Å². The van der Waals surface area contributed by atoms with Crippen molar-refractivity contribution in [2.75, 3.05) is 17.1 Å². The molecule has 0 heterocycles. The van der Waals surface area contributed by atoms with Gasteiger partial charge in [-0.25, -0.2) is 8.42 Å². The molecule has 2 atom stereocenters. The molecule has 0 bridgehead atoms. The summed E-state index contributed by atoms with van der Waals surface area (Å²) in [4.78, 5) is 29.3. The second-order valence-electron chi connectivity index (χ2n) is 9.83. The Labute approximate surface area is 250 Å². The first-order valence-corrected chi connectivity index (χ1v) is 16.0. The first kappa shape index (κ1) is 31.6. The molecule has 214 valence electrons. The summed E-state index contributed by atoms with van der Waals surface area (Å²) in [5.41, 5.74) is 2.54. The third-order valence-electron chi connectivity index (χ3n) is 6.73. The summed E-state index contributed by atoms with van der Waals surface area (Å²) < 4.78 is 27.8. The van der Waals surface area contributed by atoms with Gasteiger partial charge in [0.2, 0.25) is 21.8 Å². The second-order valence-corrected chi connectivity index (χ2v) is 13.1. The fourth-order valence-electron chi connectivity index (χ4n) is 4.24. The topological polar surface area (TPSA) is 86.8 Å². The SMILES string of the molecule is CC[C@H](C)NC(=O)[C@H](Cc1ccccc1)N(Cc1ccc(Br)cc1)C(=O)CN(c1cccc(Cl)c1C)S(C)(=O)=O. The van der Waals surface area contributed by atoms with Crippen LogP contribution in [0, 0.1) is 6.92 Å². The van der Waals surface area contributed by atoms with Crippen molar-refractivity contribution in [3.8, 4) is 0 Å². The fraction of sp³-hybridized carbons (Fsp3) is 0.333. The highest BCUT2D eigenvalue weighted by Crippen LogP contribution is 2.28. The van der Waals surface area contributed by atoms with E-state index in [-0.39, 0.29) is 24.9 Å². The number of nitrogens with one attached hydrogen (secondary N) is 1. The summed E-state index contributed by atoms with van der Waals surface area (Å²) in [6.45, 7) is 5.21. The first-order chi connectivity index (χ1) is 18.9. The molecule has 7 nitrogen and oxygen atoms in total. The van der Waals surface area contributed by atoms with Crippen molar-refractivity contribution in [2.45, 2.75) is 52.2 Å². The molecule has 0 saturated heterocycles. The van der Waals surface area contributed by atoms with E-state index in [1.165, 1.54) is 4.90 Å². The summed E-state index contributed by atoms with van der Waals surface area (Å²) in [5.74, 6) is -0.804. The number of benzene rings is 3. The number of halogens is 2. The maximum absolute atomic E-state index is 14.1. The zero-order valence-corrected chi connectivity index (χ0v) is 26.3. The molecule has 0 aliphatic heterocycles. The van der Waals surface area contributed by atoms with Crippen LogP contribution in [0.25, 0.3) is 0 Å². The average molecular weight is 649 g/mol. The lowest BCUT2D eigenvalue weighted by Gasteiger charge is -2.34. The lowest BCUT2D eigenvalue weighted by atomic mass is 10.0. The molecular formula is C30H35BrClN3O4S. The average Bonchev–Trinajstić information content (AvgIpc) is 2.91. The number of amides is 2. The number of rotatable bonds is 12. The van der Waals surface area contributed by atoms with Gasteiger partial charge in [0.15, 0.2) is 0 Å². The minimum absolute atomic E-state index is 0.1000. The third-order valence-corrected chi connectivity index (χ3v) is 8.79. The summed E-state index contributed by atoms with van der Waals surface area (Å²) in [6.07, 6.45) is 2.04. The van der Waals surface area contributed by atoms with Gasteiger partial charge in [0, 0.05) is 28.5 Å². The molecule has 0 spiro atoms. The molecule has 1 N–H and O–H groups in total. The Bertz CT molecular complexity index is 1420. The fourth-order valence-corrected chi connectivity index (χ4v) is 5.58. The Balaban J connectivity index is 2.08. The second kappa shape index (κ2) is 14.1. The molecular weight excluding hydrogens is 614 g/mol. The van der Waals surface area contributed by atoms with Crippen LogP contribution in [0.15, 0.2) is 77.3 Å². The van der Waals surface area contributed by atoms with Gasteiger partial charge in [0.05, 0.1) is 11.9 Å². The van der Waals surface area contributed by atoms with Crippen molar-refractivity contribution in [3.05, 3.63) is 99.0 Å². The van der Waals surface area contributed by atoms with E-state index >= 15 is 0 Å². The molecule has 0 aliphatic carbocycles. The number of hydrogen-bond donors (Lipinski definition) is 1. The van der Waals surface area contributed by atoms with Gasteiger partial charge in [0.1, 0.15) is 12.6 Å². The molecule has 0 fully saturated rings. The number of sulfonamides is 1. The molecule has 0 aliphatic rings. The van der Waals surface area contributed by atoms with E-state index in [9.17, 15) is 18.0 Å². The van der Waals surface area contributed by atoms with Crippen LogP contribution in [0.3, 0.4) is 0 Å². The normalized spacial score (nSPS) is 12.8. The van der Waals surface area contributed by atoms with Crippen LogP contribution < -0.4 is 9.62 Å². The highest BCUT2D eigenvalue weighted by molar-refractivity contribution is 9.10. The zero-order valence-electron chi connectivity index (χ0n) is 23.1. The van der Waals surface area contributed by atoms with Crippen molar-refractivity contribution < 1.29 is 18.0 Å². The van der Waals surface area contributed by atoms with Gasteiger partial charge in [-0.05, 0) is 61.2 Å². The lowest BCUT2D eigenvalue weighted by molar-refractivity contribution is -0.140. The van der Waals surface area contributed by atoms with E-state index in [4.69, 9.17) is 11.6 Å². The molecule has 3 aromatic rings. The molecule has 0 radical (unpaired) electrons. The Morgan fingerprint density at radius 3 is 2.23 bits per heavy atom. The zero-order chi connectivity index (χ0) is 29.4. The summed E-state index contributed by atoms with van der Waals surface area (Å²) >= 11 is 9.73. The lowest BCUT2D eigenvalue weighted by Crippen LogP contribution is -2.54. The van der Waals surface area contributed by atoms with Crippen molar-refractivity contribution in [2.24, 2.45) is 0 Å². The van der Waals surface area contributed by atoms with Crippen molar-refractivity contribution in [1.29, 1.82) is 0 Å². The minimum atomic E-state index is -3.87. The highest BCUT2D eigenvalue weighted by Gasteiger charge is 2.33. The van der Waals surface area contributed by atoms with Gasteiger partial charge >= 0.3 is 0 Å². The van der Waals surface area contributed by atoms with E-state index in [1.807, 2.05) is 68.4 Å². The summed E-state index contributed by atoms with van der Waals surface area (Å²) in [5, 5.41) is 3.41. The van der Waals surface area contributed by atoms with Crippen molar-refractivity contribution in [3.63, 3.8) is 0 Å². The van der Waals surface area contributed by atoms with Gasteiger partial charge < -0.3 is 10.2 Å². The number of hydrogen-bond acceptors (Lipinski definition) is 4. The van der Waals surface area contributed by atoms with Crippen LogP contribution in [0.4, 0.5) is 5.69 Å². The Morgan fingerprint density at radius 2 is 1.62 bits per heavy atom. The molecule has 10 heteroatoms. The van der Waals surface area contributed by atoms with E-state index in [0.29, 0.717) is 16.3 Å². The third kappa shape index (κ3) is 8.56.